The van der Waals surface area contributed by atoms with Gasteiger partial charge in [0.1, 0.15) is 0 Å². The molecule has 6 aromatic carbocycles. The first kappa shape index (κ1) is 32.7. The van der Waals surface area contributed by atoms with Gasteiger partial charge in [-0.1, -0.05) is 146 Å². The molecule has 0 saturated carbocycles. The normalized spacial score (nSPS) is 11.4. The molecule has 9 rings (SSSR count). The number of rotatable bonds is 8. The van der Waals surface area contributed by atoms with Crippen molar-refractivity contribution in [3.63, 3.8) is 0 Å². The zero-order chi connectivity index (χ0) is 36.4. The van der Waals surface area contributed by atoms with Gasteiger partial charge in [0.15, 0.2) is 5.82 Å². The smallest absolute Gasteiger partial charge is 0.160 e. The Labute approximate surface area is 315 Å². The van der Waals surface area contributed by atoms with Crippen LogP contribution in [0.25, 0.3) is 89.6 Å². The van der Waals surface area contributed by atoms with E-state index in [0.717, 1.165) is 55.8 Å². The standard InChI is InChI=1S/C50H36N4/c1-3-4-19-41-34(2)54(49-23-11-10-22-46(41)49)40-26-24-35(25-27-40)42-28-29-45(44-21-9-8-20-43(42)44)48-32-47(52-50(53-48)36-14-6-5-7-15-36)38-17-12-16-37(31-38)39-18-13-30-51-33-39/h3-33H,1H2,2H3/b19-4-. The van der Waals surface area contributed by atoms with Crippen molar-refractivity contribution >= 4 is 27.8 Å². The molecular formula is C50H36N4. The predicted octanol–water partition coefficient (Wildman–Crippen LogP) is 12.8. The summed E-state index contributed by atoms with van der Waals surface area (Å²) in [6.07, 6.45) is 9.66. The zero-order valence-corrected chi connectivity index (χ0v) is 29.9. The molecule has 0 bridgehead atoms. The van der Waals surface area contributed by atoms with Crippen molar-refractivity contribution in [2.75, 3.05) is 0 Å². The maximum Gasteiger partial charge on any atom is 0.160 e. The fraction of sp³-hybridized carbons (Fsp3) is 0.0200. The molecular weight excluding hydrogens is 657 g/mol. The van der Waals surface area contributed by atoms with Crippen LogP contribution in [0.1, 0.15) is 11.3 Å². The number of hydrogen-bond donors (Lipinski definition) is 0. The number of allylic oxidation sites excluding steroid dienone is 2. The quantitative estimate of drug-likeness (QED) is 0.149. The van der Waals surface area contributed by atoms with E-state index in [1.165, 1.54) is 33.1 Å². The van der Waals surface area contributed by atoms with Crippen LogP contribution in [-0.2, 0) is 0 Å². The van der Waals surface area contributed by atoms with Crippen molar-refractivity contribution in [3.8, 4) is 61.8 Å². The minimum atomic E-state index is 0.689. The molecule has 4 nitrogen and oxygen atoms in total. The van der Waals surface area contributed by atoms with Gasteiger partial charge < -0.3 is 4.57 Å². The summed E-state index contributed by atoms with van der Waals surface area (Å²) < 4.78 is 2.34. The van der Waals surface area contributed by atoms with E-state index in [1.54, 1.807) is 6.20 Å². The van der Waals surface area contributed by atoms with Gasteiger partial charge in [-0.15, -0.1) is 0 Å². The third kappa shape index (κ3) is 6.00. The zero-order valence-electron chi connectivity index (χ0n) is 29.9. The van der Waals surface area contributed by atoms with Crippen molar-refractivity contribution < 1.29 is 0 Å². The predicted molar refractivity (Wildman–Crippen MR) is 225 cm³/mol. The van der Waals surface area contributed by atoms with Gasteiger partial charge in [-0.25, -0.2) is 9.97 Å². The average molecular weight is 693 g/mol. The Balaban J connectivity index is 1.15. The minimum Gasteiger partial charge on any atom is -0.313 e. The molecule has 54 heavy (non-hydrogen) atoms. The lowest BCUT2D eigenvalue weighted by Gasteiger charge is -2.15. The molecule has 0 amide bonds. The summed E-state index contributed by atoms with van der Waals surface area (Å²) in [5, 5.41) is 3.53. The molecule has 3 aromatic heterocycles. The van der Waals surface area contributed by atoms with Gasteiger partial charge in [-0.2, -0.15) is 0 Å². The lowest BCUT2D eigenvalue weighted by atomic mass is 9.93. The number of pyridine rings is 1. The van der Waals surface area contributed by atoms with Crippen LogP contribution in [0.5, 0.6) is 0 Å². The second kappa shape index (κ2) is 14.1. The molecule has 0 aliphatic rings. The van der Waals surface area contributed by atoms with E-state index in [0.29, 0.717) is 5.82 Å². The van der Waals surface area contributed by atoms with E-state index in [1.807, 2.05) is 42.6 Å². The number of para-hydroxylation sites is 1. The van der Waals surface area contributed by atoms with Crippen molar-refractivity contribution in [2.45, 2.75) is 6.92 Å². The van der Waals surface area contributed by atoms with Gasteiger partial charge in [0.25, 0.3) is 0 Å². The Morgan fingerprint density at radius 3 is 1.98 bits per heavy atom. The lowest BCUT2D eigenvalue weighted by molar-refractivity contribution is 1.05. The van der Waals surface area contributed by atoms with Crippen LogP contribution in [0, 0.1) is 6.92 Å². The summed E-state index contributed by atoms with van der Waals surface area (Å²) in [7, 11) is 0. The topological polar surface area (TPSA) is 43.6 Å². The van der Waals surface area contributed by atoms with Crippen molar-refractivity contribution in [3.05, 3.63) is 200 Å². The van der Waals surface area contributed by atoms with Gasteiger partial charge in [-0.05, 0) is 70.8 Å². The Hall–Kier alpha value is -7.17. The van der Waals surface area contributed by atoms with Crippen molar-refractivity contribution in [1.29, 1.82) is 0 Å². The molecule has 256 valence electrons. The highest BCUT2D eigenvalue weighted by molar-refractivity contribution is 6.05. The summed E-state index contributed by atoms with van der Waals surface area (Å²) in [4.78, 5) is 14.7. The van der Waals surface area contributed by atoms with E-state index in [4.69, 9.17) is 9.97 Å². The maximum atomic E-state index is 5.20. The number of benzene rings is 6. The SMILES string of the molecule is C=C/C=C\c1c(C)n(-c2ccc(-c3ccc(-c4cc(-c5cccc(-c6cccnc6)c5)nc(-c5ccccc5)n4)c4ccccc34)cc2)c2ccccc12. The van der Waals surface area contributed by atoms with Gasteiger partial charge in [0, 0.05) is 57.0 Å². The second-order valence-corrected chi connectivity index (χ2v) is 13.4. The second-order valence-electron chi connectivity index (χ2n) is 13.4. The van der Waals surface area contributed by atoms with Crippen LogP contribution in [0.4, 0.5) is 0 Å². The molecule has 3 heterocycles. The fourth-order valence-corrected chi connectivity index (χ4v) is 7.51. The molecule has 0 spiro atoms. The van der Waals surface area contributed by atoms with Crippen LogP contribution < -0.4 is 0 Å². The Morgan fingerprint density at radius 2 is 1.20 bits per heavy atom. The van der Waals surface area contributed by atoms with E-state index in [9.17, 15) is 0 Å². The molecule has 0 saturated heterocycles. The third-order valence-electron chi connectivity index (χ3n) is 10.1. The van der Waals surface area contributed by atoms with E-state index in [-0.39, 0.29) is 0 Å². The number of fused-ring (bicyclic) bond motifs is 2. The molecule has 0 radical (unpaired) electrons. The molecule has 0 aliphatic carbocycles. The van der Waals surface area contributed by atoms with Gasteiger partial charge >= 0.3 is 0 Å². The summed E-state index contributed by atoms with van der Waals surface area (Å²) >= 11 is 0. The van der Waals surface area contributed by atoms with Crippen LogP contribution in [0.2, 0.25) is 0 Å². The minimum absolute atomic E-state index is 0.689. The highest BCUT2D eigenvalue weighted by Gasteiger charge is 2.17. The first-order chi connectivity index (χ1) is 26.7. The van der Waals surface area contributed by atoms with E-state index in [2.05, 4.69) is 163 Å². The number of hydrogen-bond acceptors (Lipinski definition) is 3. The monoisotopic (exact) mass is 692 g/mol. The van der Waals surface area contributed by atoms with E-state index < -0.39 is 0 Å². The van der Waals surface area contributed by atoms with Crippen LogP contribution in [-0.4, -0.2) is 19.5 Å². The van der Waals surface area contributed by atoms with Crippen LogP contribution in [0.3, 0.4) is 0 Å². The molecule has 0 N–H and O–H groups in total. The van der Waals surface area contributed by atoms with Crippen LogP contribution >= 0.6 is 0 Å². The number of nitrogens with zero attached hydrogens (tertiary/aromatic N) is 4. The van der Waals surface area contributed by atoms with Crippen molar-refractivity contribution in [1.82, 2.24) is 19.5 Å². The highest BCUT2D eigenvalue weighted by atomic mass is 15.0. The molecule has 9 aromatic rings. The largest absolute Gasteiger partial charge is 0.313 e. The third-order valence-corrected chi connectivity index (χ3v) is 10.1. The van der Waals surface area contributed by atoms with Crippen LogP contribution in [0.15, 0.2) is 189 Å². The summed E-state index contributed by atoms with van der Waals surface area (Å²) in [5.74, 6) is 0.689. The highest BCUT2D eigenvalue weighted by Crippen LogP contribution is 2.38. The summed E-state index contributed by atoms with van der Waals surface area (Å²) in [5.41, 5.74) is 14.0. The summed E-state index contributed by atoms with van der Waals surface area (Å²) in [6, 6.07) is 55.4. The summed E-state index contributed by atoms with van der Waals surface area (Å²) in [6.45, 7) is 6.06. The lowest BCUT2D eigenvalue weighted by Crippen LogP contribution is -1.97. The maximum absolute atomic E-state index is 5.20. The molecule has 4 heteroatoms. The number of aromatic nitrogens is 4. The first-order valence-electron chi connectivity index (χ1n) is 18.1. The van der Waals surface area contributed by atoms with E-state index >= 15 is 0 Å². The molecule has 0 fully saturated rings. The Morgan fingerprint density at radius 1 is 0.537 bits per heavy atom. The Bertz CT molecular complexity index is 2830. The van der Waals surface area contributed by atoms with Gasteiger partial charge in [-0.3, -0.25) is 4.98 Å². The van der Waals surface area contributed by atoms with Gasteiger partial charge in [0.2, 0.25) is 0 Å². The molecule has 0 unspecified atom stereocenters. The Kier molecular flexibility index (Phi) is 8.54. The van der Waals surface area contributed by atoms with Crippen molar-refractivity contribution in [2.24, 2.45) is 0 Å². The fourth-order valence-electron chi connectivity index (χ4n) is 7.51. The van der Waals surface area contributed by atoms with Gasteiger partial charge in [0.05, 0.1) is 16.9 Å². The first-order valence-corrected chi connectivity index (χ1v) is 18.1. The average Bonchev–Trinajstić information content (AvgIpc) is 3.53. The molecule has 0 aliphatic heterocycles. The molecule has 0 atom stereocenters.